The van der Waals surface area contributed by atoms with Gasteiger partial charge in [0.05, 0.1) is 0 Å². The van der Waals surface area contributed by atoms with E-state index in [4.69, 9.17) is 0 Å². The lowest BCUT2D eigenvalue weighted by Gasteiger charge is -2.41. The molecule has 1 N–H and O–H groups in total. The molecule has 0 radical (unpaired) electrons. The molecule has 0 aliphatic carbocycles. The summed E-state index contributed by atoms with van der Waals surface area (Å²) in [6.07, 6.45) is 2.13. The van der Waals surface area contributed by atoms with Gasteiger partial charge >= 0.3 is 0 Å². The fourth-order valence-corrected chi connectivity index (χ4v) is 3.20. The SMILES string of the molecule is Cc1ccc(C(=O)N2CCC3NC(=O)CCC3C2)cc1F. The van der Waals surface area contributed by atoms with E-state index >= 15 is 0 Å². The predicted octanol–water partition coefficient (Wildman–Crippen LogP) is 1.87. The molecule has 1 aromatic rings. The highest BCUT2D eigenvalue weighted by molar-refractivity contribution is 5.94. The van der Waals surface area contributed by atoms with Crippen LogP contribution in [0.4, 0.5) is 4.39 Å². The molecule has 21 heavy (non-hydrogen) atoms. The Morgan fingerprint density at radius 2 is 2.19 bits per heavy atom. The molecule has 4 nitrogen and oxygen atoms in total. The highest BCUT2D eigenvalue weighted by Crippen LogP contribution is 2.26. The molecule has 2 fully saturated rings. The van der Waals surface area contributed by atoms with Gasteiger partial charge in [0.25, 0.3) is 5.91 Å². The second-order valence-corrected chi connectivity index (χ2v) is 5.98. The van der Waals surface area contributed by atoms with E-state index in [2.05, 4.69) is 5.32 Å². The number of carbonyl (C=O) groups is 2. The zero-order valence-corrected chi connectivity index (χ0v) is 12.1. The van der Waals surface area contributed by atoms with E-state index in [0.717, 1.165) is 12.8 Å². The Hall–Kier alpha value is -1.91. The molecule has 2 heterocycles. The van der Waals surface area contributed by atoms with Crippen molar-refractivity contribution in [1.82, 2.24) is 10.2 Å². The second-order valence-electron chi connectivity index (χ2n) is 5.98. The number of piperidine rings is 2. The smallest absolute Gasteiger partial charge is 0.253 e. The van der Waals surface area contributed by atoms with Crippen LogP contribution in [0.1, 0.15) is 35.2 Å². The molecule has 2 amide bonds. The van der Waals surface area contributed by atoms with Crippen molar-refractivity contribution < 1.29 is 14.0 Å². The summed E-state index contributed by atoms with van der Waals surface area (Å²) in [4.78, 5) is 25.6. The van der Waals surface area contributed by atoms with Crippen LogP contribution in [-0.4, -0.2) is 35.8 Å². The van der Waals surface area contributed by atoms with E-state index in [-0.39, 0.29) is 23.7 Å². The van der Waals surface area contributed by atoms with Gasteiger partial charge in [0.2, 0.25) is 5.91 Å². The number of hydrogen-bond donors (Lipinski definition) is 1. The Kier molecular flexibility index (Phi) is 3.66. The van der Waals surface area contributed by atoms with Crippen LogP contribution in [0.2, 0.25) is 0 Å². The van der Waals surface area contributed by atoms with Gasteiger partial charge in [0.1, 0.15) is 5.82 Å². The van der Waals surface area contributed by atoms with E-state index in [1.807, 2.05) is 0 Å². The van der Waals surface area contributed by atoms with Crippen molar-refractivity contribution >= 4 is 11.8 Å². The molecule has 0 aromatic heterocycles. The minimum absolute atomic E-state index is 0.108. The van der Waals surface area contributed by atoms with Crippen molar-refractivity contribution in [2.24, 2.45) is 5.92 Å². The average molecular weight is 290 g/mol. The minimum Gasteiger partial charge on any atom is -0.353 e. The highest BCUT2D eigenvalue weighted by Gasteiger charge is 2.35. The van der Waals surface area contributed by atoms with Crippen molar-refractivity contribution in [3.8, 4) is 0 Å². The Morgan fingerprint density at radius 3 is 2.95 bits per heavy atom. The summed E-state index contributed by atoms with van der Waals surface area (Å²) in [6, 6.07) is 4.81. The first-order valence-electron chi connectivity index (χ1n) is 7.39. The molecule has 1 aromatic carbocycles. The van der Waals surface area contributed by atoms with Crippen molar-refractivity contribution in [3.63, 3.8) is 0 Å². The number of nitrogens with one attached hydrogen (secondary N) is 1. The van der Waals surface area contributed by atoms with E-state index in [1.54, 1.807) is 24.0 Å². The third-order valence-electron chi connectivity index (χ3n) is 4.53. The molecule has 2 aliphatic heterocycles. The van der Waals surface area contributed by atoms with Crippen LogP contribution >= 0.6 is 0 Å². The Morgan fingerprint density at radius 1 is 1.38 bits per heavy atom. The summed E-state index contributed by atoms with van der Waals surface area (Å²) in [5, 5.41) is 3.00. The molecule has 112 valence electrons. The topological polar surface area (TPSA) is 49.4 Å². The minimum atomic E-state index is -0.347. The van der Waals surface area contributed by atoms with Crippen LogP contribution in [0.15, 0.2) is 18.2 Å². The molecule has 2 aliphatic rings. The van der Waals surface area contributed by atoms with Crippen LogP contribution in [-0.2, 0) is 4.79 Å². The maximum atomic E-state index is 13.6. The molecular formula is C16H19FN2O2. The zero-order valence-electron chi connectivity index (χ0n) is 12.1. The molecule has 0 spiro atoms. The van der Waals surface area contributed by atoms with Gasteiger partial charge in [-0.1, -0.05) is 6.07 Å². The van der Waals surface area contributed by atoms with Crippen molar-refractivity contribution in [1.29, 1.82) is 0 Å². The van der Waals surface area contributed by atoms with Crippen molar-refractivity contribution in [3.05, 3.63) is 35.1 Å². The first kappa shape index (κ1) is 14.0. The Bertz CT molecular complexity index is 588. The van der Waals surface area contributed by atoms with Gasteiger partial charge in [-0.2, -0.15) is 0 Å². The van der Waals surface area contributed by atoms with Gasteiger partial charge in [-0.25, -0.2) is 4.39 Å². The first-order valence-corrected chi connectivity index (χ1v) is 7.39. The van der Waals surface area contributed by atoms with Crippen LogP contribution < -0.4 is 5.32 Å². The third-order valence-corrected chi connectivity index (χ3v) is 4.53. The monoisotopic (exact) mass is 290 g/mol. The molecule has 0 bridgehead atoms. The normalized spacial score (nSPS) is 25.2. The van der Waals surface area contributed by atoms with E-state index in [9.17, 15) is 14.0 Å². The van der Waals surface area contributed by atoms with Gasteiger partial charge in [0.15, 0.2) is 0 Å². The molecule has 2 saturated heterocycles. The fourth-order valence-electron chi connectivity index (χ4n) is 3.20. The molecule has 2 atom stereocenters. The number of likely N-dealkylation sites (tertiary alicyclic amines) is 1. The van der Waals surface area contributed by atoms with Crippen LogP contribution in [0.5, 0.6) is 0 Å². The highest BCUT2D eigenvalue weighted by atomic mass is 19.1. The standard InChI is InChI=1S/C16H19FN2O2/c1-10-2-3-11(8-13(10)17)16(21)19-7-6-14-12(9-19)4-5-15(20)18-14/h2-3,8,12,14H,4-7,9H2,1H3,(H,18,20). The first-order chi connectivity index (χ1) is 10.0. The van der Waals surface area contributed by atoms with Crippen LogP contribution in [0.25, 0.3) is 0 Å². The molecule has 3 rings (SSSR count). The summed E-state index contributed by atoms with van der Waals surface area (Å²) in [6.45, 7) is 2.93. The van der Waals surface area contributed by atoms with Gasteiger partial charge in [-0.3, -0.25) is 9.59 Å². The third kappa shape index (κ3) is 2.77. The molecule has 5 heteroatoms. The van der Waals surface area contributed by atoms with Crippen LogP contribution in [0.3, 0.4) is 0 Å². The number of fused-ring (bicyclic) bond motifs is 1. The Balaban J connectivity index is 1.71. The molecular weight excluding hydrogens is 271 g/mol. The maximum absolute atomic E-state index is 13.6. The lowest BCUT2D eigenvalue weighted by Crippen LogP contribution is -2.55. The average Bonchev–Trinajstić information content (AvgIpc) is 2.49. The zero-order chi connectivity index (χ0) is 15.0. The van der Waals surface area contributed by atoms with Gasteiger partial charge in [0, 0.05) is 31.1 Å². The molecule has 2 unspecified atom stereocenters. The number of amides is 2. The van der Waals surface area contributed by atoms with Crippen molar-refractivity contribution in [2.45, 2.75) is 32.2 Å². The number of rotatable bonds is 1. The largest absolute Gasteiger partial charge is 0.353 e. The van der Waals surface area contributed by atoms with Gasteiger partial charge < -0.3 is 10.2 Å². The van der Waals surface area contributed by atoms with Gasteiger partial charge in [-0.15, -0.1) is 0 Å². The number of nitrogens with zero attached hydrogens (tertiary/aromatic N) is 1. The summed E-state index contributed by atoms with van der Waals surface area (Å²) in [7, 11) is 0. The summed E-state index contributed by atoms with van der Waals surface area (Å²) in [5.41, 5.74) is 0.941. The van der Waals surface area contributed by atoms with E-state index in [1.165, 1.54) is 6.07 Å². The number of halogens is 1. The summed E-state index contributed by atoms with van der Waals surface area (Å²) in [5.74, 6) is -0.0442. The second kappa shape index (κ2) is 5.47. The number of carbonyl (C=O) groups excluding carboxylic acids is 2. The summed E-state index contributed by atoms with van der Waals surface area (Å²) < 4.78 is 13.6. The van der Waals surface area contributed by atoms with E-state index in [0.29, 0.717) is 36.6 Å². The quantitative estimate of drug-likeness (QED) is 0.858. The van der Waals surface area contributed by atoms with Crippen LogP contribution in [0, 0.1) is 18.7 Å². The maximum Gasteiger partial charge on any atom is 0.253 e. The fraction of sp³-hybridized carbons (Fsp3) is 0.500. The van der Waals surface area contributed by atoms with Crippen molar-refractivity contribution in [2.75, 3.05) is 13.1 Å². The Labute approximate surface area is 123 Å². The number of aryl methyl sites for hydroxylation is 1. The van der Waals surface area contributed by atoms with Gasteiger partial charge in [-0.05, 0) is 43.4 Å². The lowest BCUT2D eigenvalue weighted by atomic mass is 9.85. The predicted molar refractivity (Wildman–Crippen MR) is 76.3 cm³/mol. The number of hydrogen-bond acceptors (Lipinski definition) is 2. The van der Waals surface area contributed by atoms with E-state index < -0.39 is 0 Å². The summed E-state index contributed by atoms with van der Waals surface area (Å²) >= 11 is 0. The molecule has 0 saturated carbocycles. The lowest BCUT2D eigenvalue weighted by molar-refractivity contribution is -0.125. The number of benzene rings is 1.